The van der Waals surface area contributed by atoms with Gasteiger partial charge in [-0.3, -0.25) is 4.79 Å². The molecule has 0 spiro atoms. The predicted molar refractivity (Wildman–Crippen MR) is 49.0 cm³/mol. The summed E-state index contributed by atoms with van der Waals surface area (Å²) in [5.41, 5.74) is 5.28. The number of aromatic nitrogens is 1. The van der Waals surface area contributed by atoms with Crippen LogP contribution >= 0.6 is 11.3 Å². The molecule has 72 valence electrons. The highest BCUT2D eigenvalue weighted by Gasteiger charge is 2.11. The van der Waals surface area contributed by atoms with Crippen LogP contribution in [-0.4, -0.2) is 28.6 Å². The smallest absolute Gasteiger partial charge is 0.239 e. The fourth-order valence-electron chi connectivity index (χ4n) is 0.717. The first kappa shape index (κ1) is 10.1. The lowest BCUT2D eigenvalue weighted by atomic mass is 10.3. The predicted octanol–water partition coefficient (Wildman–Crippen LogP) is -0.921. The van der Waals surface area contributed by atoms with Crippen LogP contribution in [0.4, 0.5) is 0 Å². The van der Waals surface area contributed by atoms with Crippen molar-refractivity contribution in [3.63, 3.8) is 0 Å². The molecule has 1 atom stereocenters. The number of carbonyl (C=O) groups excluding carboxylic acids is 1. The minimum absolute atomic E-state index is 0.344. The van der Waals surface area contributed by atoms with Gasteiger partial charge in [0.05, 0.1) is 13.2 Å². The van der Waals surface area contributed by atoms with Crippen molar-refractivity contribution in [2.24, 2.45) is 5.73 Å². The van der Waals surface area contributed by atoms with E-state index < -0.39 is 6.04 Å². The summed E-state index contributed by atoms with van der Waals surface area (Å²) >= 11 is 1.46. The van der Waals surface area contributed by atoms with Gasteiger partial charge in [0.25, 0.3) is 0 Å². The Balaban J connectivity index is 2.31. The molecule has 1 amide bonds. The maximum atomic E-state index is 11.1. The van der Waals surface area contributed by atoms with Gasteiger partial charge in [-0.15, -0.1) is 11.3 Å². The number of carbonyl (C=O) groups is 1. The van der Waals surface area contributed by atoms with Gasteiger partial charge in [-0.05, 0) is 0 Å². The Hall–Kier alpha value is -0.980. The van der Waals surface area contributed by atoms with E-state index in [9.17, 15) is 4.79 Å². The monoisotopic (exact) mass is 201 g/mol. The van der Waals surface area contributed by atoms with Gasteiger partial charge in [0.15, 0.2) is 0 Å². The molecule has 0 aliphatic carbocycles. The SMILES string of the molecule is N[C@H](CO)C(=O)NCc1nccs1. The van der Waals surface area contributed by atoms with Crippen molar-refractivity contribution in [1.82, 2.24) is 10.3 Å². The van der Waals surface area contributed by atoms with E-state index >= 15 is 0 Å². The lowest BCUT2D eigenvalue weighted by molar-refractivity contribution is -0.123. The second-order valence-electron chi connectivity index (χ2n) is 2.43. The Labute approximate surface area is 79.6 Å². The zero-order chi connectivity index (χ0) is 9.68. The fourth-order valence-corrected chi connectivity index (χ4v) is 1.27. The van der Waals surface area contributed by atoms with E-state index in [0.717, 1.165) is 5.01 Å². The molecular formula is C7H11N3O2S. The number of nitrogens with two attached hydrogens (primary N) is 1. The first-order valence-electron chi connectivity index (χ1n) is 3.76. The van der Waals surface area contributed by atoms with Crippen molar-refractivity contribution < 1.29 is 9.90 Å². The molecule has 13 heavy (non-hydrogen) atoms. The van der Waals surface area contributed by atoms with Crippen LogP contribution in [0.5, 0.6) is 0 Å². The van der Waals surface area contributed by atoms with Crippen molar-refractivity contribution >= 4 is 17.2 Å². The van der Waals surface area contributed by atoms with E-state index in [-0.39, 0.29) is 12.5 Å². The Kier molecular flexibility index (Phi) is 3.81. The molecule has 0 unspecified atom stereocenters. The summed E-state index contributed by atoms with van der Waals surface area (Å²) in [4.78, 5) is 15.0. The van der Waals surface area contributed by atoms with E-state index in [1.807, 2.05) is 5.38 Å². The maximum absolute atomic E-state index is 11.1. The first-order chi connectivity index (χ1) is 6.24. The zero-order valence-electron chi connectivity index (χ0n) is 6.93. The van der Waals surface area contributed by atoms with Crippen molar-refractivity contribution in [1.29, 1.82) is 0 Å². The minimum atomic E-state index is -0.847. The third-order valence-corrected chi connectivity index (χ3v) is 2.21. The number of hydrogen-bond donors (Lipinski definition) is 3. The summed E-state index contributed by atoms with van der Waals surface area (Å²) < 4.78 is 0. The topological polar surface area (TPSA) is 88.2 Å². The van der Waals surface area contributed by atoms with E-state index in [0.29, 0.717) is 6.54 Å². The molecule has 0 saturated heterocycles. The van der Waals surface area contributed by atoms with E-state index in [1.54, 1.807) is 6.20 Å². The average molecular weight is 201 g/mol. The molecule has 0 bridgehead atoms. The normalized spacial score (nSPS) is 12.5. The van der Waals surface area contributed by atoms with Crippen LogP contribution in [0.1, 0.15) is 5.01 Å². The van der Waals surface area contributed by atoms with Gasteiger partial charge >= 0.3 is 0 Å². The molecule has 0 radical (unpaired) electrons. The van der Waals surface area contributed by atoms with Crippen molar-refractivity contribution in [3.05, 3.63) is 16.6 Å². The lowest BCUT2D eigenvalue weighted by Gasteiger charge is -2.07. The fraction of sp³-hybridized carbons (Fsp3) is 0.429. The standard InChI is InChI=1S/C7H11N3O2S/c8-5(4-11)7(12)10-3-6-9-1-2-13-6/h1-2,5,11H,3-4,8H2,(H,10,12)/t5-/m1/s1. The molecule has 4 N–H and O–H groups in total. The number of amides is 1. The number of rotatable bonds is 4. The Bertz CT molecular complexity index is 263. The summed E-state index contributed by atoms with van der Waals surface area (Å²) in [5, 5.41) is 13.8. The number of thiazole rings is 1. The maximum Gasteiger partial charge on any atom is 0.239 e. The van der Waals surface area contributed by atoms with Crippen molar-refractivity contribution in [2.75, 3.05) is 6.61 Å². The molecule has 0 aliphatic rings. The number of nitrogens with one attached hydrogen (secondary N) is 1. The lowest BCUT2D eigenvalue weighted by Crippen LogP contribution is -2.42. The van der Waals surface area contributed by atoms with E-state index in [4.69, 9.17) is 10.8 Å². The Morgan fingerprint density at radius 2 is 2.62 bits per heavy atom. The van der Waals surface area contributed by atoms with Crippen LogP contribution in [0.2, 0.25) is 0 Å². The van der Waals surface area contributed by atoms with Crippen LogP contribution in [0.25, 0.3) is 0 Å². The second kappa shape index (κ2) is 4.90. The van der Waals surface area contributed by atoms with Crippen molar-refractivity contribution in [2.45, 2.75) is 12.6 Å². The van der Waals surface area contributed by atoms with Gasteiger partial charge in [0.1, 0.15) is 11.0 Å². The van der Waals surface area contributed by atoms with Crippen LogP contribution in [0.15, 0.2) is 11.6 Å². The van der Waals surface area contributed by atoms with Gasteiger partial charge in [-0.25, -0.2) is 4.98 Å². The van der Waals surface area contributed by atoms with E-state index in [1.165, 1.54) is 11.3 Å². The van der Waals surface area contributed by atoms with Crippen LogP contribution in [-0.2, 0) is 11.3 Å². The second-order valence-corrected chi connectivity index (χ2v) is 3.41. The summed E-state index contributed by atoms with van der Waals surface area (Å²) in [6.07, 6.45) is 1.66. The van der Waals surface area contributed by atoms with Gasteiger partial charge in [0.2, 0.25) is 5.91 Å². The average Bonchev–Trinajstić information content (AvgIpc) is 2.65. The Morgan fingerprint density at radius 1 is 1.85 bits per heavy atom. The highest BCUT2D eigenvalue weighted by molar-refractivity contribution is 7.09. The molecule has 0 aliphatic heterocycles. The molecule has 5 nitrogen and oxygen atoms in total. The molecule has 1 rings (SSSR count). The summed E-state index contributed by atoms with van der Waals surface area (Å²) in [6.45, 7) is 0.0217. The van der Waals surface area contributed by atoms with E-state index in [2.05, 4.69) is 10.3 Å². The summed E-state index contributed by atoms with van der Waals surface area (Å²) in [6, 6.07) is -0.847. The molecule has 1 aromatic heterocycles. The summed E-state index contributed by atoms with van der Waals surface area (Å²) in [5.74, 6) is -0.363. The highest BCUT2D eigenvalue weighted by atomic mass is 32.1. The van der Waals surface area contributed by atoms with Crippen LogP contribution in [0, 0.1) is 0 Å². The highest BCUT2D eigenvalue weighted by Crippen LogP contribution is 2.02. The third-order valence-electron chi connectivity index (χ3n) is 1.43. The molecule has 0 saturated carbocycles. The zero-order valence-corrected chi connectivity index (χ0v) is 7.75. The van der Waals surface area contributed by atoms with Crippen LogP contribution in [0.3, 0.4) is 0 Å². The molecule has 0 aromatic carbocycles. The third kappa shape index (κ3) is 3.10. The van der Waals surface area contributed by atoms with Gasteiger partial charge in [-0.2, -0.15) is 0 Å². The quantitative estimate of drug-likeness (QED) is 0.588. The minimum Gasteiger partial charge on any atom is -0.394 e. The number of aliphatic hydroxyl groups excluding tert-OH is 1. The van der Waals surface area contributed by atoms with Crippen molar-refractivity contribution in [3.8, 4) is 0 Å². The van der Waals surface area contributed by atoms with Gasteiger partial charge in [-0.1, -0.05) is 0 Å². The van der Waals surface area contributed by atoms with Gasteiger partial charge in [0, 0.05) is 11.6 Å². The molecule has 1 aromatic rings. The van der Waals surface area contributed by atoms with Gasteiger partial charge < -0.3 is 16.2 Å². The molecule has 0 fully saturated rings. The molecule has 6 heteroatoms. The first-order valence-corrected chi connectivity index (χ1v) is 4.64. The number of nitrogens with zero attached hydrogens (tertiary/aromatic N) is 1. The molecule has 1 heterocycles. The summed E-state index contributed by atoms with van der Waals surface area (Å²) in [7, 11) is 0. The number of aliphatic hydroxyl groups is 1. The molecular weight excluding hydrogens is 190 g/mol. The van der Waals surface area contributed by atoms with Crippen LogP contribution < -0.4 is 11.1 Å². The Morgan fingerprint density at radius 3 is 3.15 bits per heavy atom. The largest absolute Gasteiger partial charge is 0.394 e. The number of hydrogen-bond acceptors (Lipinski definition) is 5.